The predicted molar refractivity (Wildman–Crippen MR) is 80.5 cm³/mol. The van der Waals surface area contributed by atoms with Crippen molar-refractivity contribution in [1.29, 1.82) is 0 Å². The second-order valence-electron chi connectivity index (χ2n) is 5.54. The first kappa shape index (κ1) is 13.8. The average Bonchev–Trinajstić information content (AvgIpc) is 2.98. The lowest BCUT2D eigenvalue weighted by Gasteiger charge is -2.17. The summed E-state index contributed by atoms with van der Waals surface area (Å²) in [5.74, 6) is 0.196. The van der Waals surface area contributed by atoms with Gasteiger partial charge in [-0.2, -0.15) is 0 Å². The fourth-order valence-electron chi connectivity index (χ4n) is 2.90. The highest BCUT2D eigenvalue weighted by Gasteiger charge is 2.27. The predicted octanol–water partition coefficient (Wildman–Crippen LogP) is 3.38. The number of carbonyl (C=O) groups is 1. The molecule has 3 rings (SSSR count). The van der Waals surface area contributed by atoms with Crippen LogP contribution in [-0.4, -0.2) is 23.9 Å². The van der Waals surface area contributed by atoms with Crippen molar-refractivity contribution in [3.63, 3.8) is 0 Å². The van der Waals surface area contributed by atoms with Gasteiger partial charge in [-0.25, -0.2) is 4.39 Å². The van der Waals surface area contributed by atoms with Crippen LogP contribution in [0.25, 0.3) is 0 Å². The molecule has 0 bridgehead atoms. The highest BCUT2D eigenvalue weighted by molar-refractivity contribution is 5.79. The van der Waals surface area contributed by atoms with E-state index in [-0.39, 0.29) is 17.6 Å². The summed E-state index contributed by atoms with van der Waals surface area (Å²) in [4.78, 5) is 14.2. The van der Waals surface area contributed by atoms with E-state index in [9.17, 15) is 9.18 Å². The lowest BCUT2D eigenvalue weighted by atomic mass is 9.98. The Labute approximate surface area is 124 Å². The molecule has 1 heterocycles. The van der Waals surface area contributed by atoms with Gasteiger partial charge in [-0.05, 0) is 29.7 Å². The van der Waals surface area contributed by atoms with Crippen molar-refractivity contribution < 1.29 is 9.18 Å². The molecule has 108 valence electrons. The Morgan fingerprint density at radius 1 is 1.14 bits per heavy atom. The van der Waals surface area contributed by atoms with Crippen LogP contribution in [0.5, 0.6) is 0 Å². The maximum absolute atomic E-state index is 13.3. The van der Waals surface area contributed by atoms with E-state index in [1.807, 2.05) is 41.3 Å². The summed E-state index contributed by atoms with van der Waals surface area (Å²) >= 11 is 0. The van der Waals surface area contributed by atoms with Crippen molar-refractivity contribution in [3.05, 3.63) is 71.5 Å². The molecule has 1 aliphatic heterocycles. The van der Waals surface area contributed by atoms with Crippen LogP contribution < -0.4 is 0 Å². The summed E-state index contributed by atoms with van der Waals surface area (Å²) in [6.07, 6.45) is 1.35. The maximum Gasteiger partial charge on any atom is 0.227 e. The van der Waals surface area contributed by atoms with Crippen LogP contribution in [0.1, 0.15) is 23.5 Å². The van der Waals surface area contributed by atoms with Gasteiger partial charge in [0.05, 0.1) is 6.42 Å². The number of hydrogen-bond acceptors (Lipinski definition) is 1. The van der Waals surface area contributed by atoms with Gasteiger partial charge in [-0.1, -0.05) is 42.5 Å². The number of benzene rings is 2. The van der Waals surface area contributed by atoms with E-state index >= 15 is 0 Å². The van der Waals surface area contributed by atoms with Gasteiger partial charge >= 0.3 is 0 Å². The summed E-state index contributed by atoms with van der Waals surface area (Å²) in [6.45, 7) is 1.45. The molecule has 1 atom stereocenters. The molecule has 0 unspecified atom stereocenters. The van der Waals surface area contributed by atoms with Crippen LogP contribution in [0.3, 0.4) is 0 Å². The van der Waals surface area contributed by atoms with Crippen LogP contribution >= 0.6 is 0 Å². The van der Waals surface area contributed by atoms with Gasteiger partial charge < -0.3 is 4.90 Å². The van der Waals surface area contributed by atoms with Crippen molar-refractivity contribution in [3.8, 4) is 0 Å². The highest BCUT2D eigenvalue weighted by atomic mass is 19.1. The third-order valence-corrected chi connectivity index (χ3v) is 4.06. The van der Waals surface area contributed by atoms with Crippen molar-refractivity contribution in [2.24, 2.45) is 0 Å². The van der Waals surface area contributed by atoms with E-state index in [2.05, 4.69) is 0 Å². The fourth-order valence-corrected chi connectivity index (χ4v) is 2.90. The lowest BCUT2D eigenvalue weighted by Crippen LogP contribution is -2.29. The number of hydrogen-bond donors (Lipinski definition) is 0. The molecule has 0 N–H and O–H groups in total. The van der Waals surface area contributed by atoms with E-state index in [1.54, 1.807) is 12.1 Å². The van der Waals surface area contributed by atoms with Crippen LogP contribution in [0, 0.1) is 5.82 Å². The fraction of sp³-hybridized carbons (Fsp3) is 0.278. The van der Waals surface area contributed by atoms with Crippen LogP contribution in [-0.2, 0) is 11.2 Å². The molecule has 0 radical (unpaired) electrons. The molecular weight excluding hydrogens is 265 g/mol. The highest BCUT2D eigenvalue weighted by Crippen LogP contribution is 2.27. The third-order valence-electron chi connectivity index (χ3n) is 4.06. The number of carbonyl (C=O) groups excluding carboxylic acids is 1. The normalized spacial score (nSPS) is 18.0. The zero-order chi connectivity index (χ0) is 14.7. The Morgan fingerprint density at radius 2 is 1.95 bits per heavy atom. The molecule has 2 aromatic carbocycles. The number of likely N-dealkylation sites (tertiary alicyclic amines) is 1. The third kappa shape index (κ3) is 3.30. The van der Waals surface area contributed by atoms with Crippen molar-refractivity contribution in [1.82, 2.24) is 4.90 Å². The zero-order valence-electron chi connectivity index (χ0n) is 11.8. The summed E-state index contributed by atoms with van der Waals surface area (Å²) in [6, 6.07) is 16.5. The molecule has 0 spiro atoms. The maximum atomic E-state index is 13.3. The largest absolute Gasteiger partial charge is 0.342 e. The Kier molecular flexibility index (Phi) is 4.00. The van der Waals surface area contributed by atoms with Gasteiger partial charge in [0.1, 0.15) is 5.82 Å². The summed E-state index contributed by atoms with van der Waals surface area (Å²) in [7, 11) is 0. The standard InChI is InChI=1S/C18H18FNO/c19-17-8-4-7-15(12-17)16-9-10-20(13-16)18(21)11-14-5-2-1-3-6-14/h1-8,12,16H,9-11,13H2/t16-/m0/s1. The van der Waals surface area contributed by atoms with Crippen molar-refractivity contribution in [2.45, 2.75) is 18.8 Å². The number of amides is 1. The summed E-state index contributed by atoms with van der Waals surface area (Å²) in [5.41, 5.74) is 2.03. The molecule has 21 heavy (non-hydrogen) atoms. The first-order chi connectivity index (χ1) is 10.2. The van der Waals surface area contributed by atoms with Gasteiger partial charge in [0, 0.05) is 19.0 Å². The molecule has 1 aliphatic rings. The topological polar surface area (TPSA) is 20.3 Å². The minimum Gasteiger partial charge on any atom is -0.342 e. The molecular formula is C18H18FNO. The Balaban J connectivity index is 1.63. The van der Waals surface area contributed by atoms with E-state index in [4.69, 9.17) is 0 Å². The Bertz CT molecular complexity index is 626. The van der Waals surface area contributed by atoms with E-state index in [0.717, 1.165) is 24.1 Å². The number of nitrogens with zero attached hydrogens (tertiary/aromatic N) is 1. The summed E-state index contributed by atoms with van der Waals surface area (Å²) in [5, 5.41) is 0. The molecule has 3 heteroatoms. The van der Waals surface area contributed by atoms with Crippen LogP contribution in [0.15, 0.2) is 54.6 Å². The van der Waals surface area contributed by atoms with Crippen molar-refractivity contribution in [2.75, 3.05) is 13.1 Å². The second kappa shape index (κ2) is 6.08. The van der Waals surface area contributed by atoms with Gasteiger partial charge in [-0.3, -0.25) is 4.79 Å². The lowest BCUT2D eigenvalue weighted by molar-refractivity contribution is -0.129. The first-order valence-corrected chi connectivity index (χ1v) is 7.29. The monoisotopic (exact) mass is 283 g/mol. The smallest absolute Gasteiger partial charge is 0.227 e. The molecule has 0 aliphatic carbocycles. The molecule has 1 fully saturated rings. The average molecular weight is 283 g/mol. The SMILES string of the molecule is O=C(Cc1ccccc1)N1CC[C@H](c2cccc(F)c2)C1. The van der Waals surface area contributed by atoms with Gasteiger partial charge in [0.15, 0.2) is 0 Å². The van der Waals surface area contributed by atoms with Crippen LogP contribution in [0.2, 0.25) is 0 Å². The van der Waals surface area contributed by atoms with Gasteiger partial charge in [0.2, 0.25) is 5.91 Å². The van der Waals surface area contributed by atoms with E-state index in [0.29, 0.717) is 13.0 Å². The number of halogens is 1. The molecule has 0 aromatic heterocycles. The number of rotatable bonds is 3. The molecule has 2 aromatic rings. The molecule has 0 saturated carbocycles. The Hall–Kier alpha value is -2.16. The second-order valence-corrected chi connectivity index (χ2v) is 5.54. The van der Waals surface area contributed by atoms with E-state index < -0.39 is 0 Å². The Morgan fingerprint density at radius 3 is 2.71 bits per heavy atom. The van der Waals surface area contributed by atoms with Crippen molar-refractivity contribution >= 4 is 5.91 Å². The minimum atomic E-state index is -0.207. The summed E-state index contributed by atoms with van der Waals surface area (Å²) < 4.78 is 13.3. The molecule has 1 saturated heterocycles. The van der Waals surface area contributed by atoms with Gasteiger partial charge in [0.25, 0.3) is 0 Å². The zero-order valence-corrected chi connectivity index (χ0v) is 11.8. The first-order valence-electron chi connectivity index (χ1n) is 7.29. The van der Waals surface area contributed by atoms with Gasteiger partial charge in [-0.15, -0.1) is 0 Å². The van der Waals surface area contributed by atoms with E-state index in [1.165, 1.54) is 6.07 Å². The van der Waals surface area contributed by atoms with Crippen LogP contribution in [0.4, 0.5) is 4.39 Å². The minimum absolute atomic E-state index is 0.153. The quantitative estimate of drug-likeness (QED) is 0.845. The molecule has 1 amide bonds. The molecule has 2 nitrogen and oxygen atoms in total.